The van der Waals surface area contributed by atoms with Gasteiger partial charge in [0.1, 0.15) is 5.75 Å². The Labute approximate surface area is 260 Å². The van der Waals surface area contributed by atoms with Crippen molar-refractivity contribution >= 4 is 51.1 Å². The topological polar surface area (TPSA) is 93.6 Å². The Morgan fingerprint density at radius 3 is 2.31 bits per heavy atom. The molecule has 3 fully saturated rings. The van der Waals surface area contributed by atoms with Crippen LogP contribution >= 0.6 is 27.5 Å². The summed E-state index contributed by atoms with van der Waals surface area (Å²) in [5, 5.41) is 9.61. The lowest BCUT2D eigenvalue weighted by Crippen LogP contribution is -2.56. The number of rotatable bonds is 8. The number of ether oxygens (including phenoxy) is 1. The largest absolute Gasteiger partial charge is 0.476 e. The molecule has 2 saturated heterocycles. The number of piperazine rings is 1. The smallest absolute Gasteiger partial charge is 0.407 e. The fourth-order valence-corrected chi connectivity index (χ4v) is 6.19. The second-order valence-electron chi connectivity index (χ2n) is 11.9. The molecule has 11 heteroatoms. The van der Waals surface area contributed by atoms with Crippen molar-refractivity contribution in [2.24, 2.45) is 5.92 Å². The molecule has 3 amide bonds. The van der Waals surface area contributed by atoms with Gasteiger partial charge in [0, 0.05) is 68.1 Å². The molecule has 1 atom stereocenters. The molecule has 2 aromatic carbocycles. The zero-order valence-corrected chi connectivity index (χ0v) is 26.4. The number of hydrogen-bond acceptors (Lipinski definition) is 5. The van der Waals surface area contributed by atoms with E-state index >= 15 is 0 Å². The highest BCUT2D eigenvalue weighted by atomic mass is 79.9. The lowest BCUT2D eigenvalue weighted by Gasteiger charge is -2.38. The summed E-state index contributed by atoms with van der Waals surface area (Å²) >= 11 is 10.0. The molecule has 42 heavy (non-hydrogen) atoms. The van der Waals surface area contributed by atoms with Gasteiger partial charge in [-0.1, -0.05) is 39.7 Å². The van der Waals surface area contributed by atoms with Gasteiger partial charge < -0.3 is 29.4 Å². The van der Waals surface area contributed by atoms with Crippen LogP contribution in [-0.2, 0) is 16.1 Å². The Bertz CT molecular complexity index is 1310. The van der Waals surface area contributed by atoms with Crippen LogP contribution in [0, 0.1) is 5.92 Å². The minimum Gasteiger partial charge on any atom is -0.476 e. The van der Waals surface area contributed by atoms with E-state index in [9.17, 15) is 19.5 Å². The van der Waals surface area contributed by atoms with E-state index in [0.717, 1.165) is 48.0 Å². The van der Waals surface area contributed by atoms with Crippen LogP contribution < -0.4 is 9.64 Å². The summed E-state index contributed by atoms with van der Waals surface area (Å²) < 4.78 is 7.25. The first-order valence-corrected chi connectivity index (χ1v) is 15.7. The Hall–Kier alpha value is -2.98. The third-order valence-electron chi connectivity index (χ3n) is 8.31. The van der Waals surface area contributed by atoms with Crippen molar-refractivity contribution in [2.45, 2.75) is 57.7 Å². The third-order valence-corrected chi connectivity index (χ3v) is 9.15. The number of piperidine rings is 1. The second-order valence-corrected chi connectivity index (χ2v) is 13.2. The fourth-order valence-electron chi connectivity index (χ4n) is 5.77. The molecule has 2 aliphatic heterocycles. The Morgan fingerprint density at radius 1 is 1.00 bits per heavy atom. The lowest BCUT2D eigenvalue weighted by atomic mass is 9.95. The number of benzene rings is 2. The average Bonchev–Trinajstić information content (AvgIpc) is 3.83. The van der Waals surface area contributed by atoms with Gasteiger partial charge in [0.2, 0.25) is 5.91 Å². The Morgan fingerprint density at radius 2 is 1.67 bits per heavy atom. The van der Waals surface area contributed by atoms with E-state index in [1.807, 2.05) is 24.3 Å². The molecular formula is C31H38BrClN4O5. The van der Waals surface area contributed by atoms with E-state index in [4.69, 9.17) is 16.3 Å². The van der Waals surface area contributed by atoms with Gasteiger partial charge in [0.05, 0.1) is 10.9 Å². The molecule has 226 valence electrons. The summed E-state index contributed by atoms with van der Waals surface area (Å²) in [6.45, 7) is 6.62. The minimum absolute atomic E-state index is 0.0997. The van der Waals surface area contributed by atoms with E-state index < -0.39 is 11.7 Å². The molecule has 0 aromatic heterocycles. The standard InChI is InChI=1S/C31H38BrClN4O5/c1-31(2,29(39)34-14-16-35(17-15-34)30(40)41)42-27-18-25(11-12-26(27)33)36-13-3-4-22(20-36)28(38)37(24-9-10-24)19-21-5-7-23(32)8-6-21/h5-8,11-12,18,22,24H,3-4,9-10,13-17,19-20H2,1-2H3,(H,40,41)/t22-/m1/s1. The van der Waals surface area contributed by atoms with E-state index in [-0.39, 0.29) is 30.8 Å². The first-order chi connectivity index (χ1) is 20.0. The minimum atomic E-state index is -1.20. The summed E-state index contributed by atoms with van der Waals surface area (Å²) in [4.78, 5) is 45.6. The van der Waals surface area contributed by atoms with Crippen LogP contribution in [0.4, 0.5) is 10.5 Å². The molecule has 2 aromatic rings. The molecular weight excluding hydrogens is 624 g/mol. The molecule has 9 nitrogen and oxygen atoms in total. The molecule has 3 aliphatic rings. The van der Waals surface area contributed by atoms with Crippen molar-refractivity contribution in [2.75, 3.05) is 44.2 Å². The van der Waals surface area contributed by atoms with Gasteiger partial charge in [0.25, 0.3) is 5.91 Å². The van der Waals surface area contributed by atoms with Gasteiger partial charge in [-0.05, 0) is 69.4 Å². The summed E-state index contributed by atoms with van der Waals surface area (Å²) in [6, 6.07) is 14.0. The number of anilines is 1. The normalized spacial score (nSPS) is 19.4. The van der Waals surface area contributed by atoms with Crippen molar-refractivity contribution < 1.29 is 24.2 Å². The van der Waals surface area contributed by atoms with Crippen LogP contribution in [0.1, 0.15) is 45.1 Å². The first kappa shape index (κ1) is 30.5. The number of nitrogens with zero attached hydrogens (tertiary/aromatic N) is 4. The highest BCUT2D eigenvalue weighted by molar-refractivity contribution is 9.10. The van der Waals surface area contributed by atoms with Crippen LogP contribution in [0.3, 0.4) is 0 Å². The number of hydrogen-bond donors (Lipinski definition) is 1. The summed E-state index contributed by atoms with van der Waals surface area (Å²) in [7, 11) is 0. The number of carbonyl (C=O) groups excluding carboxylic acids is 2. The molecule has 1 N–H and O–H groups in total. The zero-order chi connectivity index (χ0) is 30.0. The van der Waals surface area contributed by atoms with Gasteiger partial charge in [-0.3, -0.25) is 9.59 Å². The number of carbonyl (C=O) groups is 3. The number of halogens is 2. The number of carboxylic acid groups (broad SMARTS) is 1. The van der Waals surface area contributed by atoms with Crippen LogP contribution in [0.25, 0.3) is 0 Å². The van der Waals surface area contributed by atoms with Gasteiger partial charge >= 0.3 is 6.09 Å². The second kappa shape index (κ2) is 12.7. The highest BCUT2D eigenvalue weighted by Crippen LogP contribution is 2.36. The molecule has 0 unspecified atom stereocenters. The zero-order valence-electron chi connectivity index (χ0n) is 24.1. The number of amides is 3. The van der Waals surface area contributed by atoms with Crippen molar-refractivity contribution in [1.82, 2.24) is 14.7 Å². The van der Waals surface area contributed by atoms with Gasteiger partial charge in [0.15, 0.2) is 5.60 Å². The predicted molar refractivity (Wildman–Crippen MR) is 165 cm³/mol. The van der Waals surface area contributed by atoms with Gasteiger partial charge in [-0.25, -0.2) is 4.79 Å². The van der Waals surface area contributed by atoms with Crippen LogP contribution in [0.2, 0.25) is 5.02 Å². The molecule has 0 radical (unpaired) electrons. The fraction of sp³-hybridized carbons (Fsp3) is 0.516. The van der Waals surface area contributed by atoms with E-state index in [1.165, 1.54) is 4.90 Å². The predicted octanol–water partition coefficient (Wildman–Crippen LogP) is 5.49. The maximum atomic E-state index is 13.8. The van der Waals surface area contributed by atoms with Crippen LogP contribution in [-0.4, -0.2) is 88.6 Å². The lowest BCUT2D eigenvalue weighted by molar-refractivity contribution is -0.147. The highest BCUT2D eigenvalue weighted by Gasteiger charge is 2.39. The van der Waals surface area contributed by atoms with Crippen molar-refractivity contribution in [3.05, 3.63) is 57.5 Å². The SMILES string of the molecule is CC(C)(Oc1cc(N2CCC[C@@H](C(=O)N(Cc3ccc(Br)cc3)C3CC3)C2)ccc1Cl)C(=O)N1CCN(C(=O)O)CC1. The molecule has 1 saturated carbocycles. The molecule has 0 bridgehead atoms. The summed E-state index contributed by atoms with van der Waals surface area (Å²) in [5.41, 5.74) is 0.828. The van der Waals surface area contributed by atoms with Crippen LogP contribution in [0.5, 0.6) is 5.75 Å². The van der Waals surface area contributed by atoms with Gasteiger partial charge in [-0.2, -0.15) is 0 Å². The Kier molecular flexibility index (Phi) is 9.23. The van der Waals surface area contributed by atoms with Gasteiger partial charge in [-0.15, -0.1) is 0 Å². The summed E-state index contributed by atoms with van der Waals surface area (Å²) in [5.74, 6) is 0.297. The summed E-state index contributed by atoms with van der Waals surface area (Å²) in [6.07, 6.45) is 2.89. The quantitative estimate of drug-likeness (QED) is 0.402. The van der Waals surface area contributed by atoms with E-state index in [0.29, 0.717) is 43.0 Å². The first-order valence-electron chi connectivity index (χ1n) is 14.6. The molecule has 1 aliphatic carbocycles. The monoisotopic (exact) mass is 660 g/mol. The average molecular weight is 662 g/mol. The maximum Gasteiger partial charge on any atom is 0.407 e. The van der Waals surface area contributed by atoms with Crippen molar-refractivity contribution in [3.8, 4) is 5.75 Å². The molecule has 5 rings (SSSR count). The molecule has 0 spiro atoms. The third kappa shape index (κ3) is 7.14. The van der Waals surface area contributed by atoms with E-state index in [2.05, 4.69) is 37.9 Å². The maximum absolute atomic E-state index is 13.8. The molecule has 2 heterocycles. The van der Waals surface area contributed by atoms with Crippen molar-refractivity contribution in [1.29, 1.82) is 0 Å². The van der Waals surface area contributed by atoms with Crippen LogP contribution in [0.15, 0.2) is 46.9 Å². The Balaban J connectivity index is 1.25. The van der Waals surface area contributed by atoms with E-state index in [1.54, 1.807) is 24.8 Å². The van der Waals surface area contributed by atoms with Crippen molar-refractivity contribution in [3.63, 3.8) is 0 Å².